The van der Waals surface area contributed by atoms with E-state index < -0.39 is 0 Å². The van der Waals surface area contributed by atoms with Crippen molar-refractivity contribution in [3.8, 4) is 0 Å². The van der Waals surface area contributed by atoms with Gasteiger partial charge in [0.05, 0.1) is 0 Å². The van der Waals surface area contributed by atoms with E-state index in [0.717, 1.165) is 0 Å². The van der Waals surface area contributed by atoms with Crippen LogP contribution in [0.25, 0.3) is 0 Å². The van der Waals surface area contributed by atoms with E-state index >= 15 is 0 Å². The zero-order valence-corrected chi connectivity index (χ0v) is 11.0. The van der Waals surface area contributed by atoms with E-state index in [9.17, 15) is 0 Å². The Hall–Kier alpha value is 1.76. The molecule has 0 saturated heterocycles. The molecule has 4 heavy (non-hydrogen) atoms. The molecule has 2 nitrogen and oxygen atoms in total. The zero-order chi connectivity index (χ0) is 0. The molecule has 0 bridgehead atoms. The number of rotatable bonds is 0. The van der Waals surface area contributed by atoms with Gasteiger partial charge in [0.1, 0.15) is 0 Å². The predicted octanol–water partition coefficient (Wildman–Crippen LogP) is -1.71. The van der Waals surface area contributed by atoms with Crippen molar-refractivity contribution in [3.05, 3.63) is 0 Å². The molecular weight excluding hydrogens is 441 g/mol. The molecule has 0 atom stereocenters. The standard InChI is InChI=1S/H2O.O.2Tl/h1H2;;;/q;-2;2*+1. The van der Waals surface area contributed by atoms with Gasteiger partial charge in [-0.15, -0.1) is 0 Å². The van der Waals surface area contributed by atoms with Crippen molar-refractivity contribution in [2.45, 2.75) is 0 Å². The normalized spacial score (nSPS) is 0. The van der Waals surface area contributed by atoms with Gasteiger partial charge in [0, 0.05) is 0 Å². The summed E-state index contributed by atoms with van der Waals surface area (Å²) >= 11 is 0. The van der Waals surface area contributed by atoms with E-state index in [1.165, 1.54) is 0 Å². The second kappa shape index (κ2) is 21.7. The monoisotopic (exact) mass is 444 g/mol. The van der Waals surface area contributed by atoms with Crippen molar-refractivity contribution in [2.75, 3.05) is 0 Å². The zero-order valence-electron chi connectivity index (χ0n) is 2.06. The fourth-order valence-corrected chi connectivity index (χ4v) is 0. The molecule has 0 spiro atoms. The van der Waals surface area contributed by atoms with Crippen molar-refractivity contribution < 1.29 is 11.0 Å². The maximum absolute atomic E-state index is 0. The molecule has 0 amide bonds. The molecule has 4 heteroatoms. The SMILES string of the molecule is O.[O-2].[Tl+].[Tl+]. The first-order valence-corrected chi connectivity index (χ1v) is 0. The first-order valence-electron chi connectivity index (χ1n) is 0. The van der Waals surface area contributed by atoms with E-state index in [-0.39, 0.29) is 65.5 Å². The smallest absolute Gasteiger partial charge is 1.00 e. The van der Waals surface area contributed by atoms with Crippen LogP contribution in [0.5, 0.6) is 0 Å². The van der Waals surface area contributed by atoms with Crippen LogP contribution in [0.1, 0.15) is 0 Å². The van der Waals surface area contributed by atoms with Crippen molar-refractivity contribution in [3.63, 3.8) is 0 Å². The molecule has 0 aromatic rings. The number of hydrogen-bond acceptors (Lipinski definition) is 0. The van der Waals surface area contributed by atoms with E-state index in [1.807, 2.05) is 0 Å². The second-order valence-electron chi connectivity index (χ2n) is 0. The van der Waals surface area contributed by atoms with Gasteiger partial charge in [-0.3, -0.25) is 0 Å². The molecule has 0 fully saturated rings. The van der Waals surface area contributed by atoms with Crippen molar-refractivity contribution >= 4 is 54.6 Å². The third-order valence-electron chi connectivity index (χ3n) is 0. The van der Waals surface area contributed by atoms with E-state index in [1.54, 1.807) is 0 Å². The van der Waals surface area contributed by atoms with Crippen LogP contribution in [-0.2, 0) is 5.48 Å². The Morgan fingerprint density at radius 2 is 0.750 bits per heavy atom. The van der Waals surface area contributed by atoms with E-state index in [4.69, 9.17) is 0 Å². The largest absolute Gasteiger partial charge is 2.00 e. The summed E-state index contributed by atoms with van der Waals surface area (Å²) in [5.74, 6) is 0. The van der Waals surface area contributed by atoms with Gasteiger partial charge in [-0.05, 0) is 0 Å². The summed E-state index contributed by atoms with van der Waals surface area (Å²) in [7, 11) is 0. The average molecular weight is 443 g/mol. The van der Waals surface area contributed by atoms with Gasteiger partial charge in [0.25, 0.3) is 0 Å². The maximum Gasteiger partial charge on any atom is 1.00 e. The van der Waals surface area contributed by atoms with Crippen molar-refractivity contribution in [1.82, 2.24) is 0 Å². The molecule has 0 unspecified atom stereocenters. The van der Waals surface area contributed by atoms with Gasteiger partial charge >= 0.3 is 54.6 Å². The van der Waals surface area contributed by atoms with Gasteiger partial charge in [0.15, 0.2) is 0 Å². The average Bonchev–Trinajstić information content (AvgIpc) is 0. The van der Waals surface area contributed by atoms with Crippen molar-refractivity contribution in [1.29, 1.82) is 0 Å². The molecule has 0 rings (SSSR count). The van der Waals surface area contributed by atoms with Gasteiger partial charge in [0.2, 0.25) is 0 Å². The summed E-state index contributed by atoms with van der Waals surface area (Å²) in [6.45, 7) is 0. The van der Waals surface area contributed by atoms with Crippen LogP contribution < -0.4 is 0 Å². The molecular formula is H2O2Tl2. The van der Waals surface area contributed by atoms with E-state index in [0.29, 0.717) is 0 Å². The summed E-state index contributed by atoms with van der Waals surface area (Å²) in [5, 5.41) is 0. The molecule has 0 saturated carbocycles. The van der Waals surface area contributed by atoms with Crippen LogP contribution in [-0.4, -0.2) is 60.1 Å². The van der Waals surface area contributed by atoms with Crippen LogP contribution in [0.4, 0.5) is 0 Å². The van der Waals surface area contributed by atoms with Gasteiger partial charge in [-0.2, -0.15) is 0 Å². The molecule has 0 heterocycles. The fourth-order valence-electron chi connectivity index (χ4n) is 0. The topological polar surface area (TPSA) is 60.0 Å². The molecule has 0 aliphatic rings. The second-order valence-corrected chi connectivity index (χ2v) is 0. The molecule has 0 aliphatic carbocycles. The fraction of sp³-hybridized carbons (Fsp3) is 0. The molecule has 0 radical (unpaired) electrons. The van der Waals surface area contributed by atoms with Crippen LogP contribution in [0, 0.1) is 0 Å². The quantitative estimate of drug-likeness (QED) is 0.402. The maximum atomic E-state index is 0. The minimum Gasteiger partial charge on any atom is -2.00 e. The summed E-state index contributed by atoms with van der Waals surface area (Å²) in [4.78, 5) is 0. The summed E-state index contributed by atoms with van der Waals surface area (Å²) < 4.78 is 0. The molecule has 20 valence electrons. The third-order valence-corrected chi connectivity index (χ3v) is 0. The molecule has 0 aliphatic heterocycles. The third kappa shape index (κ3) is 9.24. The Labute approximate surface area is 64.9 Å². The molecule has 2 N–H and O–H groups in total. The molecule has 0 aromatic heterocycles. The van der Waals surface area contributed by atoms with Crippen LogP contribution in [0.15, 0.2) is 0 Å². The predicted molar refractivity (Wildman–Crippen MR) is 15.8 cm³/mol. The minimum absolute atomic E-state index is 0. The summed E-state index contributed by atoms with van der Waals surface area (Å²) in [6.07, 6.45) is 0. The van der Waals surface area contributed by atoms with Crippen LogP contribution in [0.2, 0.25) is 0 Å². The first kappa shape index (κ1) is 42.0. The summed E-state index contributed by atoms with van der Waals surface area (Å²) in [6, 6.07) is 0. The van der Waals surface area contributed by atoms with Crippen LogP contribution in [0.3, 0.4) is 0 Å². The Kier molecular flexibility index (Phi) is 228. The Balaban J connectivity index is 0. The minimum atomic E-state index is 0. The van der Waals surface area contributed by atoms with Gasteiger partial charge in [-0.1, -0.05) is 0 Å². The Morgan fingerprint density at radius 1 is 0.750 bits per heavy atom. The van der Waals surface area contributed by atoms with Gasteiger partial charge < -0.3 is 11.0 Å². The molecule has 0 aromatic carbocycles. The Morgan fingerprint density at radius 3 is 0.750 bits per heavy atom. The Bertz CT molecular complexity index is 4.00. The number of hydrogen-bond donors (Lipinski definition) is 0. The summed E-state index contributed by atoms with van der Waals surface area (Å²) in [5.41, 5.74) is 0. The first-order chi connectivity index (χ1) is 0. The van der Waals surface area contributed by atoms with Crippen LogP contribution >= 0.6 is 0 Å². The van der Waals surface area contributed by atoms with E-state index in [2.05, 4.69) is 0 Å². The van der Waals surface area contributed by atoms with Crippen molar-refractivity contribution in [2.24, 2.45) is 0 Å². The van der Waals surface area contributed by atoms with Gasteiger partial charge in [-0.25, -0.2) is 0 Å².